The Kier molecular flexibility index (Phi) is 11.4. The number of methoxy groups -OCH3 is 1. The van der Waals surface area contributed by atoms with E-state index in [2.05, 4.69) is 36.1 Å². The molecule has 2 aromatic carbocycles. The fourth-order valence-corrected chi connectivity index (χ4v) is 5.26. The van der Waals surface area contributed by atoms with Gasteiger partial charge in [-0.2, -0.15) is 0 Å². The number of carbonyl (C=O) groups excluding carboxylic acids is 1. The van der Waals surface area contributed by atoms with Gasteiger partial charge in [-0.3, -0.25) is 14.4 Å². The lowest BCUT2D eigenvalue weighted by atomic mass is 9.96. The summed E-state index contributed by atoms with van der Waals surface area (Å²) >= 11 is 1.46. The minimum atomic E-state index is -2.74. The van der Waals surface area contributed by atoms with Crippen molar-refractivity contribution < 1.29 is 49.1 Å². The van der Waals surface area contributed by atoms with Gasteiger partial charge in [0.25, 0.3) is 5.91 Å². The Hall–Kier alpha value is -4.53. The number of carbonyl (C=O) groups is 4. The first kappa shape index (κ1) is 34.0. The second kappa shape index (κ2) is 14.8. The summed E-state index contributed by atoms with van der Waals surface area (Å²) < 4.78 is 11.4. The number of likely N-dealkylation sites (N-methyl/N-ethyl adjacent to an activating group) is 1. The first-order chi connectivity index (χ1) is 20.7. The van der Waals surface area contributed by atoms with E-state index in [1.807, 2.05) is 32.3 Å². The van der Waals surface area contributed by atoms with E-state index >= 15 is 0 Å². The maximum atomic E-state index is 13.3. The Morgan fingerprint density at radius 3 is 2.20 bits per heavy atom. The number of aliphatic carboxylic acids is 3. The summed E-state index contributed by atoms with van der Waals surface area (Å²) in [5.41, 5.74) is 1.20. The zero-order valence-corrected chi connectivity index (χ0v) is 25.6. The van der Waals surface area contributed by atoms with Crippen molar-refractivity contribution in [2.75, 3.05) is 45.8 Å². The predicted molar refractivity (Wildman–Crippen MR) is 162 cm³/mol. The molecule has 0 saturated carbocycles. The van der Waals surface area contributed by atoms with Crippen LogP contribution in [0.3, 0.4) is 0 Å². The van der Waals surface area contributed by atoms with Crippen LogP contribution in [-0.2, 0) is 20.8 Å². The zero-order chi connectivity index (χ0) is 32.6. The molecule has 0 unspecified atom stereocenters. The molecule has 44 heavy (non-hydrogen) atoms. The summed E-state index contributed by atoms with van der Waals surface area (Å²) in [4.78, 5) is 53.1. The molecule has 4 rings (SSSR count). The van der Waals surface area contributed by atoms with Gasteiger partial charge in [-0.25, -0.2) is 9.78 Å². The van der Waals surface area contributed by atoms with E-state index in [0.29, 0.717) is 29.5 Å². The minimum Gasteiger partial charge on any atom is -0.493 e. The monoisotopic (exact) mass is 629 g/mol. The number of hydrogen-bond acceptors (Lipinski definition) is 10. The Balaban J connectivity index is 0.000000345. The van der Waals surface area contributed by atoms with Crippen LogP contribution < -0.4 is 14.4 Å². The number of aromatic nitrogens is 1. The topological polar surface area (TPSA) is 187 Å². The summed E-state index contributed by atoms with van der Waals surface area (Å²) in [7, 11) is 5.62. The lowest BCUT2D eigenvalue weighted by Gasteiger charge is -2.26. The average molecular weight is 630 g/mol. The summed E-state index contributed by atoms with van der Waals surface area (Å²) in [6.45, 7) is 4.03. The first-order valence-electron chi connectivity index (χ1n) is 13.5. The Bertz CT molecular complexity index is 1490. The molecule has 0 saturated heterocycles. The number of benzene rings is 2. The van der Waals surface area contributed by atoms with Crippen molar-refractivity contribution in [3.05, 3.63) is 58.6 Å². The van der Waals surface area contributed by atoms with Crippen LogP contribution in [0.25, 0.3) is 10.6 Å². The van der Waals surface area contributed by atoms with Crippen molar-refractivity contribution in [3.63, 3.8) is 0 Å². The number of anilines is 1. The Morgan fingerprint density at radius 1 is 1.02 bits per heavy atom. The summed E-state index contributed by atoms with van der Waals surface area (Å²) in [6, 6.07) is 13.9. The molecule has 1 amide bonds. The number of carboxylic acid groups (broad SMARTS) is 3. The molecule has 13 nitrogen and oxygen atoms in total. The van der Waals surface area contributed by atoms with Crippen LogP contribution in [0.15, 0.2) is 42.5 Å². The van der Waals surface area contributed by atoms with Gasteiger partial charge >= 0.3 is 17.9 Å². The Morgan fingerprint density at radius 2 is 1.66 bits per heavy atom. The number of amides is 1. The largest absolute Gasteiger partial charge is 0.493 e. The number of fused-ring (bicyclic) bond motifs is 1. The molecule has 0 radical (unpaired) electrons. The third kappa shape index (κ3) is 8.75. The van der Waals surface area contributed by atoms with Gasteiger partial charge in [0.2, 0.25) is 0 Å². The van der Waals surface area contributed by atoms with Crippen molar-refractivity contribution in [3.8, 4) is 22.1 Å². The zero-order valence-electron chi connectivity index (χ0n) is 24.8. The lowest BCUT2D eigenvalue weighted by molar-refractivity contribution is -0.170. The number of carboxylic acids is 3. The van der Waals surface area contributed by atoms with Crippen LogP contribution in [0.4, 0.5) is 5.69 Å². The molecule has 0 fully saturated rings. The summed E-state index contributed by atoms with van der Waals surface area (Å²) in [5, 5.41) is 34.7. The second-order valence-corrected chi connectivity index (χ2v) is 11.3. The van der Waals surface area contributed by atoms with E-state index in [1.165, 1.54) is 16.9 Å². The van der Waals surface area contributed by atoms with Gasteiger partial charge in [-0.1, -0.05) is 29.8 Å². The number of aliphatic hydroxyl groups is 1. The molecular weight excluding hydrogens is 594 g/mol. The number of hydrogen-bond donors (Lipinski definition) is 4. The van der Waals surface area contributed by atoms with Gasteiger partial charge in [-0.05, 0) is 33.2 Å². The van der Waals surface area contributed by atoms with Crippen molar-refractivity contribution >= 4 is 40.8 Å². The van der Waals surface area contributed by atoms with Crippen LogP contribution in [0.1, 0.15) is 33.8 Å². The molecular formula is C30H35N3O10S. The number of rotatable bonds is 12. The summed E-state index contributed by atoms with van der Waals surface area (Å²) in [5.74, 6) is -3.73. The second-order valence-electron chi connectivity index (χ2n) is 10.3. The maximum absolute atomic E-state index is 13.3. The van der Waals surface area contributed by atoms with Crippen LogP contribution in [0.5, 0.6) is 11.5 Å². The van der Waals surface area contributed by atoms with Crippen LogP contribution in [-0.4, -0.2) is 101 Å². The van der Waals surface area contributed by atoms with Gasteiger partial charge in [0.15, 0.2) is 17.1 Å². The van der Waals surface area contributed by atoms with Gasteiger partial charge in [0.1, 0.15) is 16.5 Å². The number of aryl methyl sites for hydroxylation is 1. The van der Waals surface area contributed by atoms with E-state index < -0.39 is 36.4 Å². The van der Waals surface area contributed by atoms with Crippen molar-refractivity contribution in [1.29, 1.82) is 0 Å². The van der Waals surface area contributed by atoms with Crippen LogP contribution >= 0.6 is 11.3 Å². The first-order valence-corrected chi connectivity index (χ1v) is 14.3. The standard InChI is InChI=1S/C24H27N3O3S.C6H8O7/c1-16-5-7-17(8-6-16)23-25-19-11-12-27(24(28)22(19)31-23)18-9-10-20(21(15-18)29-4)30-14-13-26(2)3;7-3(8)1-6(13,5(11)12)2-4(9)10/h5-10,15H,11-14H2,1-4H3;13H,1-2H2,(H,7,8)(H,9,10)(H,11,12). The highest BCUT2D eigenvalue weighted by molar-refractivity contribution is 7.17. The Labute approximate surface area is 257 Å². The van der Waals surface area contributed by atoms with E-state index in [9.17, 15) is 19.2 Å². The molecule has 236 valence electrons. The normalized spacial score (nSPS) is 12.7. The molecule has 0 atom stereocenters. The van der Waals surface area contributed by atoms with Crippen molar-refractivity contribution in [2.45, 2.75) is 31.8 Å². The van der Waals surface area contributed by atoms with E-state index in [1.54, 1.807) is 12.0 Å². The van der Waals surface area contributed by atoms with Crippen molar-refractivity contribution in [2.24, 2.45) is 0 Å². The van der Waals surface area contributed by atoms with Gasteiger partial charge in [0.05, 0.1) is 25.6 Å². The number of ether oxygens (including phenoxy) is 2. The maximum Gasteiger partial charge on any atom is 0.336 e. The molecule has 2 heterocycles. The van der Waals surface area contributed by atoms with Gasteiger partial charge in [-0.15, -0.1) is 11.3 Å². The fourth-order valence-electron chi connectivity index (χ4n) is 4.19. The minimum absolute atomic E-state index is 0.0135. The summed E-state index contributed by atoms with van der Waals surface area (Å²) in [6.07, 6.45) is -1.56. The molecule has 0 bridgehead atoms. The highest BCUT2D eigenvalue weighted by Crippen LogP contribution is 2.36. The van der Waals surface area contributed by atoms with Crippen LogP contribution in [0, 0.1) is 6.92 Å². The van der Waals surface area contributed by atoms with E-state index in [0.717, 1.165) is 34.9 Å². The molecule has 4 N–H and O–H groups in total. The lowest BCUT2D eigenvalue weighted by Crippen LogP contribution is -2.42. The third-order valence-corrected chi connectivity index (χ3v) is 7.68. The molecule has 0 aliphatic carbocycles. The molecule has 3 aromatic rings. The van der Waals surface area contributed by atoms with Crippen molar-refractivity contribution in [1.82, 2.24) is 9.88 Å². The molecule has 14 heteroatoms. The molecule has 0 spiro atoms. The predicted octanol–water partition coefficient (Wildman–Crippen LogP) is 3.02. The average Bonchev–Trinajstić information content (AvgIpc) is 3.38. The highest BCUT2D eigenvalue weighted by Gasteiger charge is 2.40. The number of thiazole rings is 1. The van der Waals surface area contributed by atoms with Gasteiger partial charge in [0, 0.05) is 36.8 Å². The molecule has 1 aliphatic rings. The highest BCUT2D eigenvalue weighted by atomic mass is 32.1. The van der Waals surface area contributed by atoms with E-state index in [-0.39, 0.29) is 5.91 Å². The van der Waals surface area contributed by atoms with E-state index in [4.69, 9.17) is 34.9 Å². The molecule has 1 aliphatic heterocycles. The quantitative estimate of drug-likeness (QED) is 0.230. The fraction of sp³-hybridized carbons (Fsp3) is 0.367. The van der Waals surface area contributed by atoms with Crippen LogP contribution in [0.2, 0.25) is 0 Å². The van der Waals surface area contributed by atoms with Gasteiger partial charge < -0.3 is 39.7 Å². The third-order valence-electron chi connectivity index (χ3n) is 6.55. The smallest absolute Gasteiger partial charge is 0.336 e. The SMILES string of the molecule is COc1cc(N2CCc3nc(-c4ccc(C)cc4)sc3C2=O)ccc1OCCN(C)C.O=C(O)CC(O)(CC(=O)O)C(=O)O. The molecule has 1 aromatic heterocycles. The number of nitrogens with zero attached hydrogens (tertiary/aromatic N) is 3.